The number of hydrogen-bond donors (Lipinski definition) is 0. The number of nitrogens with zero attached hydrogens (tertiary/aromatic N) is 5. The number of Topliss-reactive ketones (excluding diaryl/α,β-unsaturated/α-hetero) is 1. The van der Waals surface area contributed by atoms with Crippen LogP contribution in [0.4, 0.5) is 0 Å². The van der Waals surface area contributed by atoms with Gasteiger partial charge in [-0.3, -0.25) is 9.59 Å². The first-order valence-corrected chi connectivity index (χ1v) is 9.50. The molecule has 0 bridgehead atoms. The molecule has 1 aliphatic heterocycles. The Morgan fingerprint density at radius 3 is 2.69 bits per heavy atom. The zero-order chi connectivity index (χ0) is 20.2. The van der Waals surface area contributed by atoms with Gasteiger partial charge in [0, 0.05) is 24.4 Å². The van der Waals surface area contributed by atoms with Crippen molar-refractivity contribution in [3.05, 3.63) is 66.1 Å². The van der Waals surface area contributed by atoms with Crippen molar-refractivity contribution in [2.45, 2.75) is 25.9 Å². The molecule has 1 atom stereocenters. The average Bonchev–Trinajstić information content (AvgIpc) is 3.28. The van der Waals surface area contributed by atoms with Crippen LogP contribution in [0.5, 0.6) is 5.88 Å². The lowest BCUT2D eigenvalue weighted by Crippen LogP contribution is -2.44. The third-order valence-electron chi connectivity index (χ3n) is 4.86. The van der Waals surface area contributed by atoms with Gasteiger partial charge in [0.2, 0.25) is 5.88 Å². The summed E-state index contributed by atoms with van der Waals surface area (Å²) in [4.78, 5) is 32.2. The normalized spacial score (nSPS) is 16.4. The van der Waals surface area contributed by atoms with E-state index in [1.54, 1.807) is 41.7 Å². The first-order valence-electron chi connectivity index (χ1n) is 9.50. The van der Waals surface area contributed by atoms with Crippen LogP contribution >= 0.6 is 0 Å². The molecule has 29 heavy (non-hydrogen) atoms. The summed E-state index contributed by atoms with van der Waals surface area (Å²) in [5.74, 6) is 0.274. The third-order valence-corrected chi connectivity index (χ3v) is 4.86. The number of ether oxygens (including phenoxy) is 1. The van der Waals surface area contributed by atoms with Crippen molar-refractivity contribution < 1.29 is 14.3 Å². The summed E-state index contributed by atoms with van der Waals surface area (Å²) < 4.78 is 5.98. The summed E-state index contributed by atoms with van der Waals surface area (Å²) in [5, 5.41) is 8.28. The second kappa shape index (κ2) is 8.22. The van der Waals surface area contributed by atoms with E-state index in [1.807, 2.05) is 18.2 Å². The second-order valence-electron chi connectivity index (χ2n) is 6.91. The van der Waals surface area contributed by atoms with E-state index in [2.05, 4.69) is 15.2 Å². The number of carbonyl (C=O) groups excluding carboxylic acids is 2. The third kappa shape index (κ3) is 4.16. The minimum atomic E-state index is -0.183. The Kier molecular flexibility index (Phi) is 5.33. The quantitative estimate of drug-likeness (QED) is 0.621. The lowest BCUT2D eigenvalue weighted by atomic mass is 10.1. The zero-order valence-electron chi connectivity index (χ0n) is 16.1. The first-order chi connectivity index (χ1) is 14.1. The topological polar surface area (TPSA) is 90.2 Å². The van der Waals surface area contributed by atoms with Gasteiger partial charge >= 0.3 is 0 Å². The van der Waals surface area contributed by atoms with Gasteiger partial charge in [-0.1, -0.05) is 12.1 Å². The fourth-order valence-corrected chi connectivity index (χ4v) is 3.42. The van der Waals surface area contributed by atoms with Crippen LogP contribution < -0.4 is 4.74 Å². The molecule has 3 aromatic rings. The molecule has 1 aromatic carbocycles. The number of hydrogen-bond acceptors (Lipinski definition) is 6. The van der Waals surface area contributed by atoms with Crippen LogP contribution in [0, 0.1) is 0 Å². The molecule has 8 nitrogen and oxygen atoms in total. The van der Waals surface area contributed by atoms with E-state index in [4.69, 9.17) is 4.74 Å². The Morgan fingerprint density at radius 2 is 1.90 bits per heavy atom. The Hall–Kier alpha value is -3.55. The van der Waals surface area contributed by atoms with Crippen LogP contribution in [0.2, 0.25) is 0 Å². The highest BCUT2D eigenvalue weighted by Gasteiger charge is 2.27. The van der Waals surface area contributed by atoms with E-state index in [0.717, 1.165) is 12.8 Å². The summed E-state index contributed by atoms with van der Waals surface area (Å²) >= 11 is 0. The predicted octanol–water partition coefficient (Wildman–Crippen LogP) is 2.55. The van der Waals surface area contributed by atoms with Crippen molar-refractivity contribution in [2.24, 2.45) is 0 Å². The van der Waals surface area contributed by atoms with Gasteiger partial charge in [0.25, 0.3) is 5.91 Å². The molecule has 0 saturated carbocycles. The number of benzene rings is 1. The molecule has 4 rings (SSSR count). The number of aromatic nitrogens is 4. The summed E-state index contributed by atoms with van der Waals surface area (Å²) in [6.07, 6.45) is 6.17. The van der Waals surface area contributed by atoms with Gasteiger partial charge in [0.1, 0.15) is 6.10 Å². The van der Waals surface area contributed by atoms with Gasteiger partial charge in [-0.05, 0) is 38.0 Å². The molecule has 0 radical (unpaired) electrons. The van der Waals surface area contributed by atoms with Crippen LogP contribution in [0.1, 0.15) is 40.5 Å². The van der Waals surface area contributed by atoms with Crippen molar-refractivity contribution in [3.8, 4) is 11.6 Å². The van der Waals surface area contributed by atoms with Gasteiger partial charge in [-0.2, -0.15) is 15.0 Å². The molecule has 0 N–H and O–H groups in total. The van der Waals surface area contributed by atoms with E-state index in [1.165, 1.54) is 11.7 Å². The Balaban J connectivity index is 1.50. The van der Waals surface area contributed by atoms with Gasteiger partial charge in [-0.25, -0.2) is 4.98 Å². The smallest absolute Gasteiger partial charge is 0.256 e. The standard InChI is InChI=1S/C21H21N5O3/c1-15(27)16-8-9-22-20(13-16)29-17-5-4-12-25(14-17)21(28)18-6-2-3-7-19(18)26-23-10-11-24-26/h2-3,6-11,13,17H,4-5,12,14H2,1H3. The highest BCUT2D eigenvalue weighted by Crippen LogP contribution is 2.21. The maximum Gasteiger partial charge on any atom is 0.256 e. The summed E-state index contributed by atoms with van der Waals surface area (Å²) in [6, 6.07) is 10.6. The molecule has 1 fully saturated rings. The molecule has 0 spiro atoms. The lowest BCUT2D eigenvalue weighted by Gasteiger charge is -2.33. The van der Waals surface area contributed by atoms with Gasteiger partial charge in [0.15, 0.2) is 5.78 Å². The van der Waals surface area contributed by atoms with Crippen LogP contribution in [-0.2, 0) is 0 Å². The van der Waals surface area contributed by atoms with Crippen molar-refractivity contribution in [1.82, 2.24) is 24.9 Å². The maximum absolute atomic E-state index is 13.2. The zero-order valence-corrected chi connectivity index (χ0v) is 16.1. The Bertz CT molecular complexity index is 1020. The van der Waals surface area contributed by atoms with E-state index in [0.29, 0.717) is 35.8 Å². The number of rotatable bonds is 5. The maximum atomic E-state index is 13.2. The van der Waals surface area contributed by atoms with Crippen molar-refractivity contribution in [3.63, 3.8) is 0 Å². The van der Waals surface area contributed by atoms with Crippen molar-refractivity contribution in [2.75, 3.05) is 13.1 Å². The van der Waals surface area contributed by atoms with Crippen LogP contribution in [0.25, 0.3) is 5.69 Å². The number of carbonyl (C=O) groups is 2. The molecule has 148 valence electrons. The summed E-state index contributed by atoms with van der Waals surface area (Å²) in [6.45, 7) is 2.61. The largest absolute Gasteiger partial charge is 0.472 e. The summed E-state index contributed by atoms with van der Waals surface area (Å²) in [5.41, 5.74) is 1.74. The molecule has 1 amide bonds. The van der Waals surface area contributed by atoms with Crippen molar-refractivity contribution in [1.29, 1.82) is 0 Å². The van der Waals surface area contributed by atoms with E-state index in [-0.39, 0.29) is 17.8 Å². The molecule has 0 aliphatic carbocycles. The van der Waals surface area contributed by atoms with E-state index in [9.17, 15) is 9.59 Å². The predicted molar refractivity (Wildman–Crippen MR) is 105 cm³/mol. The summed E-state index contributed by atoms with van der Waals surface area (Å²) in [7, 11) is 0. The number of ketones is 1. The van der Waals surface area contributed by atoms with Crippen molar-refractivity contribution >= 4 is 11.7 Å². The highest BCUT2D eigenvalue weighted by molar-refractivity contribution is 5.97. The fraction of sp³-hybridized carbons (Fsp3) is 0.286. The van der Waals surface area contributed by atoms with Gasteiger partial charge < -0.3 is 9.64 Å². The molecule has 8 heteroatoms. The van der Waals surface area contributed by atoms with Gasteiger partial charge in [-0.15, -0.1) is 0 Å². The number of likely N-dealkylation sites (tertiary alicyclic amines) is 1. The van der Waals surface area contributed by atoms with Crippen LogP contribution in [0.3, 0.4) is 0 Å². The van der Waals surface area contributed by atoms with E-state index >= 15 is 0 Å². The average molecular weight is 391 g/mol. The van der Waals surface area contributed by atoms with Crippen LogP contribution in [-0.4, -0.2) is 55.8 Å². The lowest BCUT2D eigenvalue weighted by molar-refractivity contribution is 0.0527. The van der Waals surface area contributed by atoms with E-state index < -0.39 is 0 Å². The SMILES string of the molecule is CC(=O)c1ccnc(OC2CCCN(C(=O)c3ccccc3-n3nccn3)C2)c1. The Labute approximate surface area is 168 Å². The number of pyridine rings is 1. The molecular formula is C21H21N5O3. The molecule has 3 heterocycles. The number of piperidine rings is 1. The monoisotopic (exact) mass is 391 g/mol. The van der Waals surface area contributed by atoms with Crippen LogP contribution in [0.15, 0.2) is 55.0 Å². The second-order valence-corrected chi connectivity index (χ2v) is 6.91. The molecule has 2 aromatic heterocycles. The highest BCUT2D eigenvalue weighted by atomic mass is 16.5. The molecular weight excluding hydrogens is 370 g/mol. The van der Waals surface area contributed by atoms with Gasteiger partial charge in [0.05, 0.1) is 30.2 Å². The minimum absolute atomic E-state index is 0.0402. The molecule has 1 aliphatic rings. The minimum Gasteiger partial charge on any atom is -0.472 e. The molecule has 1 unspecified atom stereocenters. The number of para-hydroxylation sites is 1. The first kappa shape index (κ1) is 18.8. The molecule has 1 saturated heterocycles. The fourth-order valence-electron chi connectivity index (χ4n) is 3.42. The number of amides is 1. The Morgan fingerprint density at radius 1 is 1.10 bits per heavy atom.